The third-order valence-electron chi connectivity index (χ3n) is 2.49. The zero-order valence-corrected chi connectivity index (χ0v) is 10.8. The van der Waals surface area contributed by atoms with Crippen molar-refractivity contribution in [2.75, 3.05) is 33.7 Å². The van der Waals surface area contributed by atoms with Gasteiger partial charge in [-0.1, -0.05) is 0 Å². The van der Waals surface area contributed by atoms with Crippen molar-refractivity contribution in [3.05, 3.63) is 23.7 Å². The first-order chi connectivity index (χ1) is 8.02. The summed E-state index contributed by atoms with van der Waals surface area (Å²) in [6.07, 6.45) is 0. The molecule has 1 rings (SSSR count). The molecular formula is C12H21N3O2. The first-order valence-corrected chi connectivity index (χ1v) is 5.71. The van der Waals surface area contributed by atoms with Gasteiger partial charge in [-0.2, -0.15) is 0 Å². The van der Waals surface area contributed by atoms with Crippen LogP contribution in [-0.2, 0) is 11.3 Å². The second-order valence-corrected chi connectivity index (χ2v) is 4.34. The summed E-state index contributed by atoms with van der Waals surface area (Å²) in [5, 5.41) is 0. The predicted molar refractivity (Wildman–Crippen MR) is 66.5 cm³/mol. The molecule has 0 atom stereocenters. The number of hydrogen-bond acceptors (Lipinski definition) is 4. The summed E-state index contributed by atoms with van der Waals surface area (Å²) in [6.45, 7) is 3.87. The van der Waals surface area contributed by atoms with E-state index in [1.165, 1.54) is 0 Å². The Labute approximate surface area is 102 Å². The van der Waals surface area contributed by atoms with Gasteiger partial charge in [0.15, 0.2) is 0 Å². The lowest BCUT2D eigenvalue weighted by Crippen LogP contribution is -2.39. The number of nitrogens with zero attached hydrogens (tertiary/aromatic N) is 2. The van der Waals surface area contributed by atoms with Crippen LogP contribution in [0.25, 0.3) is 0 Å². The highest BCUT2D eigenvalue weighted by Gasteiger charge is 2.14. The fraction of sp³-hybridized carbons (Fsp3) is 0.583. The van der Waals surface area contributed by atoms with E-state index in [0.29, 0.717) is 13.1 Å². The Kier molecular flexibility index (Phi) is 5.18. The molecule has 1 aromatic heterocycles. The zero-order chi connectivity index (χ0) is 12.8. The van der Waals surface area contributed by atoms with Crippen molar-refractivity contribution in [1.29, 1.82) is 0 Å². The minimum absolute atomic E-state index is 0.0348. The second kappa shape index (κ2) is 6.42. The van der Waals surface area contributed by atoms with E-state index >= 15 is 0 Å². The van der Waals surface area contributed by atoms with E-state index in [2.05, 4.69) is 0 Å². The van der Waals surface area contributed by atoms with Crippen LogP contribution in [0.2, 0.25) is 0 Å². The predicted octanol–water partition coefficient (Wildman–Crippen LogP) is 0.437. The van der Waals surface area contributed by atoms with Crippen molar-refractivity contribution in [2.45, 2.75) is 13.5 Å². The molecule has 5 heteroatoms. The summed E-state index contributed by atoms with van der Waals surface area (Å²) in [7, 11) is 3.95. The van der Waals surface area contributed by atoms with E-state index in [4.69, 9.17) is 10.2 Å². The molecule has 17 heavy (non-hydrogen) atoms. The number of rotatable bonds is 6. The molecule has 1 aromatic rings. The van der Waals surface area contributed by atoms with E-state index in [1.54, 1.807) is 4.90 Å². The standard InChI is InChI=1S/C12H21N3O2/c1-10-4-5-11(17-10)9-15(12(16)8-13)7-6-14(2)3/h4-5H,6-9,13H2,1-3H3. The van der Waals surface area contributed by atoms with Crippen molar-refractivity contribution < 1.29 is 9.21 Å². The highest BCUT2D eigenvalue weighted by atomic mass is 16.3. The van der Waals surface area contributed by atoms with Crippen LogP contribution in [0.4, 0.5) is 0 Å². The molecule has 2 N–H and O–H groups in total. The lowest BCUT2D eigenvalue weighted by Gasteiger charge is -2.22. The van der Waals surface area contributed by atoms with Crippen LogP contribution < -0.4 is 5.73 Å². The van der Waals surface area contributed by atoms with E-state index in [1.807, 2.05) is 38.1 Å². The number of amides is 1. The molecule has 0 aliphatic heterocycles. The Balaban J connectivity index is 2.60. The lowest BCUT2D eigenvalue weighted by atomic mass is 10.3. The van der Waals surface area contributed by atoms with Gasteiger partial charge >= 0.3 is 0 Å². The first-order valence-electron chi connectivity index (χ1n) is 5.71. The van der Waals surface area contributed by atoms with Gasteiger partial charge in [-0.15, -0.1) is 0 Å². The average Bonchev–Trinajstić information content (AvgIpc) is 2.68. The molecule has 96 valence electrons. The van der Waals surface area contributed by atoms with E-state index in [0.717, 1.165) is 18.1 Å². The average molecular weight is 239 g/mol. The number of nitrogens with two attached hydrogens (primary N) is 1. The van der Waals surface area contributed by atoms with Gasteiger partial charge in [0, 0.05) is 13.1 Å². The van der Waals surface area contributed by atoms with Crippen LogP contribution in [0.5, 0.6) is 0 Å². The smallest absolute Gasteiger partial charge is 0.236 e. The lowest BCUT2D eigenvalue weighted by molar-refractivity contribution is -0.130. The molecular weight excluding hydrogens is 218 g/mol. The van der Waals surface area contributed by atoms with Crippen LogP contribution in [0.15, 0.2) is 16.5 Å². The summed E-state index contributed by atoms with van der Waals surface area (Å²) < 4.78 is 5.47. The molecule has 0 aliphatic carbocycles. The number of furan rings is 1. The molecule has 0 fully saturated rings. The van der Waals surface area contributed by atoms with Crippen LogP contribution in [0.3, 0.4) is 0 Å². The molecule has 1 amide bonds. The molecule has 5 nitrogen and oxygen atoms in total. The number of carbonyl (C=O) groups excluding carboxylic acids is 1. The van der Waals surface area contributed by atoms with Crippen LogP contribution in [-0.4, -0.2) is 49.4 Å². The Bertz CT molecular complexity index is 360. The van der Waals surface area contributed by atoms with E-state index in [9.17, 15) is 4.79 Å². The van der Waals surface area contributed by atoms with E-state index in [-0.39, 0.29) is 12.5 Å². The molecule has 0 saturated heterocycles. The summed E-state index contributed by atoms with van der Waals surface area (Å²) in [4.78, 5) is 15.4. The molecule has 0 saturated carbocycles. The normalized spacial score (nSPS) is 10.9. The monoisotopic (exact) mass is 239 g/mol. The Morgan fingerprint density at radius 1 is 1.35 bits per heavy atom. The van der Waals surface area contributed by atoms with Gasteiger partial charge in [0.2, 0.25) is 5.91 Å². The molecule has 0 aliphatic rings. The number of carbonyl (C=O) groups is 1. The number of likely N-dealkylation sites (N-methyl/N-ethyl adjacent to an activating group) is 1. The largest absolute Gasteiger partial charge is 0.464 e. The fourth-order valence-corrected chi connectivity index (χ4v) is 1.50. The first kappa shape index (κ1) is 13.7. The topological polar surface area (TPSA) is 62.7 Å². The molecule has 0 aromatic carbocycles. The van der Waals surface area contributed by atoms with Crippen molar-refractivity contribution in [3.63, 3.8) is 0 Å². The summed E-state index contributed by atoms with van der Waals surface area (Å²) >= 11 is 0. The molecule has 0 unspecified atom stereocenters. The van der Waals surface area contributed by atoms with Crippen LogP contribution in [0, 0.1) is 6.92 Å². The fourth-order valence-electron chi connectivity index (χ4n) is 1.50. The quantitative estimate of drug-likeness (QED) is 0.782. The van der Waals surface area contributed by atoms with Crippen molar-refractivity contribution in [3.8, 4) is 0 Å². The van der Waals surface area contributed by atoms with Crippen molar-refractivity contribution in [2.24, 2.45) is 5.73 Å². The van der Waals surface area contributed by atoms with Crippen molar-refractivity contribution >= 4 is 5.91 Å². The summed E-state index contributed by atoms with van der Waals surface area (Å²) in [5.41, 5.74) is 5.40. The van der Waals surface area contributed by atoms with E-state index < -0.39 is 0 Å². The maximum atomic E-state index is 11.7. The van der Waals surface area contributed by atoms with Gasteiger partial charge in [0.1, 0.15) is 11.5 Å². The van der Waals surface area contributed by atoms with Gasteiger partial charge < -0.3 is 20.0 Å². The maximum absolute atomic E-state index is 11.7. The van der Waals surface area contributed by atoms with Gasteiger partial charge in [0.05, 0.1) is 13.1 Å². The maximum Gasteiger partial charge on any atom is 0.236 e. The highest BCUT2D eigenvalue weighted by Crippen LogP contribution is 2.09. The Hall–Kier alpha value is -1.33. The zero-order valence-electron chi connectivity index (χ0n) is 10.8. The minimum atomic E-state index is -0.0547. The molecule has 1 heterocycles. The molecule has 0 spiro atoms. The van der Waals surface area contributed by atoms with Crippen molar-refractivity contribution in [1.82, 2.24) is 9.80 Å². The highest BCUT2D eigenvalue weighted by molar-refractivity contribution is 5.77. The number of hydrogen-bond donors (Lipinski definition) is 1. The van der Waals surface area contributed by atoms with Gasteiger partial charge in [-0.25, -0.2) is 0 Å². The second-order valence-electron chi connectivity index (χ2n) is 4.34. The summed E-state index contributed by atoms with van der Waals surface area (Å²) in [6, 6.07) is 3.79. The molecule has 0 radical (unpaired) electrons. The van der Waals surface area contributed by atoms with Crippen LogP contribution >= 0.6 is 0 Å². The van der Waals surface area contributed by atoms with Gasteiger partial charge in [-0.3, -0.25) is 4.79 Å². The Morgan fingerprint density at radius 2 is 2.06 bits per heavy atom. The third kappa shape index (κ3) is 4.58. The summed E-state index contributed by atoms with van der Waals surface area (Å²) in [5.74, 6) is 1.59. The minimum Gasteiger partial charge on any atom is -0.464 e. The van der Waals surface area contributed by atoms with Gasteiger partial charge in [0.25, 0.3) is 0 Å². The van der Waals surface area contributed by atoms with Crippen LogP contribution in [0.1, 0.15) is 11.5 Å². The van der Waals surface area contributed by atoms with Gasteiger partial charge in [-0.05, 0) is 33.2 Å². The Morgan fingerprint density at radius 3 is 2.53 bits per heavy atom. The molecule has 0 bridgehead atoms. The third-order valence-corrected chi connectivity index (χ3v) is 2.49. The number of aryl methyl sites for hydroxylation is 1. The SMILES string of the molecule is Cc1ccc(CN(CCN(C)C)C(=O)CN)o1.